The van der Waals surface area contributed by atoms with Crippen molar-refractivity contribution in [2.45, 2.75) is 12.8 Å². The van der Waals surface area contributed by atoms with Crippen molar-refractivity contribution in [3.8, 4) is 0 Å². The summed E-state index contributed by atoms with van der Waals surface area (Å²) in [6, 6.07) is 0. The van der Waals surface area contributed by atoms with Gasteiger partial charge >= 0.3 is 0 Å². The summed E-state index contributed by atoms with van der Waals surface area (Å²) in [7, 11) is 0. The summed E-state index contributed by atoms with van der Waals surface area (Å²) in [6.07, 6.45) is 8.78. The van der Waals surface area contributed by atoms with Crippen molar-refractivity contribution in [1.29, 1.82) is 0 Å². The van der Waals surface area contributed by atoms with Gasteiger partial charge in [-0.25, -0.2) is 0 Å². The van der Waals surface area contributed by atoms with Gasteiger partial charge < -0.3 is 0 Å². The van der Waals surface area contributed by atoms with E-state index in [0.717, 1.165) is 10.4 Å². The third-order valence-corrected chi connectivity index (χ3v) is 3.98. The van der Waals surface area contributed by atoms with Crippen LogP contribution in [0, 0.1) is 17.8 Å². The molecule has 0 spiro atoms. The normalized spacial score (nSPS) is 31.4. The number of Topliss-reactive ketones (excluding diaryl/α,β-unsaturated/α-hetero) is 1. The fourth-order valence-electron chi connectivity index (χ4n) is 1.99. The van der Waals surface area contributed by atoms with Crippen molar-refractivity contribution in [3.05, 3.63) is 22.7 Å². The van der Waals surface area contributed by atoms with Crippen LogP contribution in [0.1, 0.15) is 12.8 Å². The lowest BCUT2D eigenvalue weighted by Gasteiger charge is -2.23. The molecule has 1 fully saturated rings. The van der Waals surface area contributed by atoms with E-state index in [-0.39, 0.29) is 5.92 Å². The number of rotatable bonds is 3. The van der Waals surface area contributed by atoms with Crippen molar-refractivity contribution in [2.75, 3.05) is 5.33 Å². The van der Waals surface area contributed by atoms with E-state index in [2.05, 4.69) is 37.9 Å². The maximum absolute atomic E-state index is 11.7. The molecular weight excluding hydrogens is 308 g/mol. The Morgan fingerprint density at radius 2 is 2.21 bits per heavy atom. The average Bonchev–Trinajstić information content (AvgIpc) is 3.00. The fraction of sp³-hybridized carbons (Fsp3) is 0.545. The van der Waals surface area contributed by atoms with Crippen LogP contribution in [0.3, 0.4) is 0 Å². The highest BCUT2D eigenvalue weighted by molar-refractivity contribution is 9.11. The second-order valence-corrected chi connectivity index (χ2v) is 5.43. The van der Waals surface area contributed by atoms with Crippen molar-refractivity contribution in [2.24, 2.45) is 17.8 Å². The van der Waals surface area contributed by atoms with E-state index in [0.29, 0.717) is 17.0 Å². The molecule has 2 unspecified atom stereocenters. The van der Waals surface area contributed by atoms with E-state index in [1.54, 1.807) is 0 Å². The Labute approximate surface area is 101 Å². The molecule has 2 aliphatic rings. The lowest BCUT2D eigenvalue weighted by Crippen LogP contribution is -2.25. The second-order valence-electron chi connectivity index (χ2n) is 3.95. The highest BCUT2D eigenvalue weighted by Crippen LogP contribution is 2.44. The lowest BCUT2D eigenvalue weighted by molar-refractivity contribution is -0.120. The Morgan fingerprint density at radius 3 is 2.79 bits per heavy atom. The highest BCUT2D eigenvalue weighted by atomic mass is 79.9. The van der Waals surface area contributed by atoms with Crippen LogP contribution in [-0.2, 0) is 4.79 Å². The summed E-state index contributed by atoms with van der Waals surface area (Å²) in [5.74, 6) is 1.57. The van der Waals surface area contributed by atoms with Crippen LogP contribution < -0.4 is 0 Å². The van der Waals surface area contributed by atoms with Crippen LogP contribution in [-0.4, -0.2) is 11.1 Å². The predicted molar refractivity (Wildman–Crippen MR) is 64.7 cm³/mol. The molecule has 1 nitrogen and oxygen atoms in total. The average molecular weight is 320 g/mol. The van der Waals surface area contributed by atoms with E-state index in [9.17, 15) is 4.79 Å². The monoisotopic (exact) mass is 318 g/mol. The smallest absolute Gasteiger partial charge is 0.150 e. The van der Waals surface area contributed by atoms with Crippen LogP contribution in [0.25, 0.3) is 0 Å². The Morgan fingerprint density at radius 1 is 1.50 bits per heavy atom. The number of carbonyl (C=O) groups excluding carboxylic acids is 1. The molecule has 0 amide bonds. The van der Waals surface area contributed by atoms with Crippen molar-refractivity contribution in [1.82, 2.24) is 0 Å². The molecule has 0 saturated heterocycles. The van der Waals surface area contributed by atoms with Crippen molar-refractivity contribution < 1.29 is 4.79 Å². The van der Waals surface area contributed by atoms with Crippen LogP contribution >= 0.6 is 31.9 Å². The van der Waals surface area contributed by atoms with Gasteiger partial charge in [0.25, 0.3) is 0 Å². The largest absolute Gasteiger partial charge is 0.298 e. The molecule has 3 heteroatoms. The van der Waals surface area contributed by atoms with Crippen LogP contribution in [0.15, 0.2) is 22.7 Å². The number of carbonyl (C=O) groups is 1. The first-order chi connectivity index (χ1) is 6.72. The van der Waals surface area contributed by atoms with Gasteiger partial charge in [0.15, 0.2) is 5.78 Å². The minimum absolute atomic E-state index is 0.100. The van der Waals surface area contributed by atoms with Gasteiger partial charge in [0.05, 0.1) is 5.33 Å². The number of allylic oxidation sites excluding steroid dienone is 4. The molecule has 2 aliphatic carbocycles. The van der Waals surface area contributed by atoms with E-state index in [4.69, 9.17) is 0 Å². The zero-order chi connectivity index (χ0) is 10.1. The van der Waals surface area contributed by atoms with Gasteiger partial charge in [0.1, 0.15) is 0 Å². The van der Waals surface area contributed by atoms with Crippen LogP contribution in [0.4, 0.5) is 0 Å². The predicted octanol–water partition coefficient (Wildman–Crippen LogP) is 3.44. The summed E-state index contributed by atoms with van der Waals surface area (Å²) in [5.41, 5.74) is 0. The summed E-state index contributed by atoms with van der Waals surface area (Å²) >= 11 is 6.72. The summed E-state index contributed by atoms with van der Waals surface area (Å²) in [6.45, 7) is 0. The number of hydrogen-bond donors (Lipinski definition) is 0. The third kappa shape index (κ3) is 2.19. The Balaban J connectivity index is 2.15. The maximum Gasteiger partial charge on any atom is 0.150 e. The molecule has 0 aromatic rings. The molecule has 0 N–H and O–H groups in total. The number of halogens is 2. The summed E-state index contributed by atoms with van der Waals surface area (Å²) in [4.78, 5) is 11.7. The molecule has 0 aromatic carbocycles. The fourth-order valence-corrected chi connectivity index (χ4v) is 2.82. The standard InChI is InChI=1S/C11H12Br2O/c12-6-11(14)9-4-3-8(13)5-10(9)7-1-2-7/h3-5,7,9-10H,1-2,6H2. The molecule has 2 atom stereocenters. The Hall–Kier alpha value is 0.110. The zero-order valence-corrected chi connectivity index (χ0v) is 10.9. The number of hydrogen-bond acceptors (Lipinski definition) is 1. The topological polar surface area (TPSA) is 17.1 Å². The van der Waals surface area contributed by atoms with Gasteiger partial charge in [-0.05, 0) is 24.7 Å². The van der Waals surface area contributed by atoms with Crippen LogP contribution in [0.5, 0.6) is 0 Å². The van der Waals surface area contributed by atoms with Gasteiger partial charge in [-0.3, -0.25) is 4.79 Å². The SMILES string of the molecule is O=C(CBr)C1C=CC(Br)=CC1C1CC1. The maximum atomic E-state index is 11.7. The van der Waals surface area contributed by atoms with E-state index in [1.165, 1.54) is 12.8 Å². The molecule has 76 valence electrons. The second kappa shape index (κ2) is 4.31. The number of ketones is 1. The lowest BCUT2D eigenvalue weighted by atomic mass is 9.82. The van der Waals surface area contributed by atoms with Gasteiger partial charge in [0.2, 0.25) is 0 Å². The van der Waals surface area contributed by atoms with Gasteiger partial charge in [-0.15, -0.1) is 0 Å². The first-order valence-corrected chi connectivity index (χ1v) is 6.78. The van der Waals surface area contributed by atoms with Crippen molar-refractivity contribution >= 4 is 37.6 Å². The summed E-state index contributed by atoms with van der Waals surface area (Å²) in [5, 5.41) is 0.469. The molecule has 0 radical (unpaired) electrons. The Bertz CT molecular complexity index is 302. The first kappa shape index (κ1) is 10.6. The molecule has 14 heavy (non-hydrogen) atoms. The number of alkyl halides is 1. The molecule has 0 bridgehead atoms. The third-order valence-electron chi connectivity index (χ3n) is 2.90. The van der Waals surface area contributed by atoms with E-state index >= 15 is 0 Å². The van der Waals surface area contributed by atoms with E-state index < -0.39 is 0 Å². The van der Waals surface area contributed by atoms with Crippen molar-refractivity contribution in [3.63, 3.8) is 0 Å². The quantitative estimate of drug-likeness (QED) is 0.728. The van der Waals surface area contributed by atoms with Crippen LogP contribution in [0.2, 0.25) is 0 Å². The first-order valence-electron chi connectivity index (χ1n) is 4.86. The van der Waals surface area contributed by atoms with Gasteiger partial charge in [-0.1, -0.05) is 50.1 Å². The molecule has 0 heterocycles. The molecule has 0 aliphatic heterocycles. The zero-order valence-electron chi connectivity index (χ0n) is 7.75. The van der Waals surface area contributed by atoms with Gasteiger partial charge in [-0.2, -0.15) is 0 Å². The minimum Gasteiger partial charge on any atom is -0.298 e. The Kier molecular flexibility index (Phi) is 3.27. The molecular formula is C11H12Br2O. The summed E-state index contributed by atoms with van der Waals surface area (Å²) < 4.78 is 1.12. The highest BCUT2D eigenvalue weighted by Gasteiger charge is 2.37. The molecule has 2 rings (SSSR count). The van der Waals surface area contributed by atoms with E-state index in [1.807, 2.05) is 12.2 Å². The molecule has 1 saturated carbocycles. The molecule has 0 aromatic heterocycles. The van der Waals surface area contributed by atoms with Gasteiger partial charge in [0, 0.05) is 10.4 Å². The minimum atomic E-state index is 0.100.